The maximum absolute atomic E-state index is 0. The molecule has 33 valence electrons. The minimum atomic E-state index is 0. The Morgan fingerprint density at radius 3 is 1.00 bits per heavy atom. The SMILES string of the molecule is [AlH3].[Co].[MgH2].[Ni].[Ti]. The second-order valence-corrected chi connectivity index (χ2v) is 0. The van der Waals surface area contributed by atoms with Crippen LogP contribution in [0.15, 0.2) is 0 Å². The molecule has 0 aromatic carbocycles. The van der Waals surface area contributed by atoms with E-state index in [4.69, 9.17) is 0 Å². The molecule has 0 aliphatic carbocycles. The van der Waals surface area contributed by atoms with Gasteiger partial charge >= 0.3 is 23.1 Å². The molecule has 0 saturated heterocycles. The fourth-order valence-electron chi connectivity index (χ4n) is 0. The Bertz CT molecular complexity index is 11.6. The molecule has 0 bridgehead atoms. The summed E-state index contributed by atoms with van der Waals surface area (Å²) in [5.41, 5.74) is 0. The smallest absolute Gasteiger partial charge is 0 e. The summed E-state index contributed by atoms with van der Waals surface area (Å²) in [6.45, 7) is 0. The summed E-state index contributed by atoms with van der Waals surface area (Å²) in [7, 11) is 0. The third-order valence-corrected chi connectivity index (χ3v) is 0. The fraction of sp³-hybridized carbons (Fsp3) is 0. The fourth-order valence-corrected chi connectivity index (χ4v) is 0. The van der Waals surface area contributed by atoms with Crippen molar-refractivity contribution < 1.29 is 55.0 Å². The van der Waals surface area contributed by atoms with Crippen LogP contribution < -0.4 is 0 Å². The van der Waals surface area contributed by atoms with Gasteiger partial charge in [0, 0.05) is 55.0 Å². The van der Waals surface area contributed by atoms with Gasteiger partial charge in [0.05, 0.1) is 0 Å². The van der Waals surface area contributed by atoms with Crippen LogP contribution >= 0.6 is 0 Å². The van der Waals surface area contributed by atoms with E-state index in [2.05, 4.69) is 0 Å². The van der Waals surface area contributed by atoms with Crippen LogP contribution in [0.3, 0.4) is 0 Å². The first-order valence-electron chi connectivity index (χ1n) is 0. The van der Waals surface area contributed by atoms with Gasteiger partial charge in [-0.1, -0.05) is 0 Å². The molecular formula is H5AlCoMgNiTi. The van der Waals surface area contributed by atoms with Crippen LogP contribution in [0.25, 0.3) is 0 Å². The van der Waals surface area contributed by atoms with Gasteiger partial charge in [-0.05, 0) is 0 Å². The second kappa shape index (κ2) is 27.9. The average molecular weight is 222 g/mol. The molecule has 0 fully saturated rings. The zero-order chi connectivity index (χ0) is 0. The van der Waals surface area contributed by atoms with Gasteiger partial charge in [-0.3, -0.25) is 0 Å². The normalized spacial score (nSPS) is 0. The van der Waals surface area contributed by atoms with Gasteiger partial charge in [0.1, 0.15) is 0 Å². The van der Waals surface area contributed by atoms with Gasteiger partial charge in [0.25, 0.3) is 0 Å². The zero-order valence-corrected chi connectivity index (χ0v) is 4.74. The minimum absolute atomic E-state index is 0. The zero-order valence-electron chi connectivity index (χ0n) is 1.15. The van der Waals surface area contributed by atoms with Gasteiger partial charge in [-0.15, -0.1) is 0 Å². The molecule has 0 aliphatic rings. The maximum atomic E-state index is 0. The van der Waals surface area contributed by atoms with E-state index in [1.807, 2.05) is 0 Å². The second-order valence-electron chi connectivity index (χ2n) is 0. The van der Waals surface area contributed by atoms with E-state index in [-0.39, 0.29) is 95.4 Å². The van der Waals surface area contributed by atoms with Gasteiger partial charge < -0.3 is 0 Å². The van der Waals surface area contributed by atoms with E-state index in [9.17, 15) is 0 Å². The molecule has 1 radical (unpaired) electrons. The molecule has 0 aliphatic heterocycles. The van der Waals surface area contributed by atoms with Crippen LogP contribution in [0, 0.1) is 0 Å². The summed E-state index contributed by atoms with van der Waals surface area (Å²) >= 11 is 0. The molecule has 0 atom stereocenters. The summed E-state index contributed by atoms with van der Waals surface area (Å²) in [4.78, 5) is 0. The monoisotopic (exact) mass is 221 g/mol. The van der Waals surface area contributed by atoms with Gasteiger partial charge in [0.15, 0.2) is 17.4 Å². The maximum Gasteiger partial charge on any atom is 0.316 e. The Hall–Kier alpha value is 3.01. The summed E-state index contributed by atoms with van der Waals surface area (Å²) in [5.74, 6) is 0. The quantitative estimate of drug-likeness (QED) is 0.411. The van der Waals surface area contributed by atoms with Crippen molar-refractivity contribution in [2.24, 2.45) is 0 Å². The average Bonchev–Trinajstić information content (AvgIpc) is 0. The third kappa shape index (κ3) is 19.4. The van der Waals surface area contributed by atoms with Crippen LogP contribution in [-0.4, -0.2) is 40.4 Å². The van der Waals surface area contributed by atoms with Crippen molar-refractivity contribution in [3.8, 4) is 0 Å². The van der Waals surface area contributed by atoms with Crippen LogP contribution in [0.2, 0.25) is 0 Å². The first-order valence-corrected chi connectivity index (χ1v) is 0. The van der Waals surface area contributed by atoms with E-state index in [1.165, 1.54) is 0 Å². The molecule has 0 saturated carbocycles. The molecule has 0 rings (SSSR count). The van der Waals surface area contributed by atoms with Gasteiger partial charge in [-0.25, -0.2) is 0 Å². The van der Waals surface area contributed by atoms with E-state index >= 15 is 0 Å². The molecule has 0 aromatic heterocycles. The van der Waals surface area contributed by atoms with E-state index in [1.54, 1.807) is 0 Å². The molecule has 0 amide bonds. The predicted molar refractivity (Wildman–Crippen MR) is 18.5 cm³/mol. The van der Waals surface area contributed by atoms with Crippen LogP contribution in [0.5, 0.6) is 0 Å². The summed E-state index contributed by atoms with van der Waals surface area (Å²) in [5, 5.41) is 0. The first-order chi connectivity index (χ1) is 0. The Morgan fingerprint density at radius 1 is 1.00 bits per heavy atom. The van der Waals surface area contributed by atoms with Crippen LogP contribution in [0.4, 0.5) is 0 Å². The van der Waals surface area contributed by atoms with Crippen molar-refractivity contribution >= 4 is 40.4 Å². The van der Waals surface area contributed by atoms with Gasteiger partial charge in [0.2, 0.25) is 0 Å². The first kappa shape index (κ1) is 43.4. The van der Waals surface area contributed by atoms with Crippen molar-refractivity contribution in [3.05, 3.63) is 0 Å². The topological polar surface area (TPSA) is 0 Å². The van der Waals surface area contributed by atoms with E-state index in [0.29, 0.717) is 0 Å². The summed E-state index contributed by atoms with van der Waals surface area (Å²) < 4.78 is 0. The summed E-state index contributed by atoms with van der Waals surface area (Å²) in [6, 6.07) is 0. The summed E-state index contributed by atoms with van der Waals surface area (Å²) in [6.07, 6.45) is 0. The van der Waals surface area contributed by atoms with E-state index < -0.39 is 0 Å². The van der Waals surface area contributed by atoms with Crippen molar-refractivity contribution in [1.82, 2.24) is 0 Å². The Labute approximate surface area is 93.9 Å². The molecular weight excluding hydrogens is 217 g/mol. The molecule has 0 N–H and O–H groups in total. The predicted octanol–water partition coefficient (Wildman–Crippen LogP) is -2.11. The van der Waals surface area contributed by atoms with Crippen molar-refractivity contribution in [2.75, 3.05) is 0 Å². The van der Waals surface area contributed by atoms with Gasteiger partial charge in [-0.2, -0.15) is 0 Å². The molecule has 0 spiro atoms. The van der Waals surface area contributed by atoms with Crippen molar-refractivity contribution in [3.63, 3.8) is 0 Å². The Morgan fingerprint density at radius 2 is 1.00 bits per heavy atom. The van der Waals surface area contributed by atoms with E-state index in [0.717, 1.165) is 0 Å². The minimum Gasteiger partial charge on any atom is 0 e. The van der Waals surface area contributed by atoms with Crippen molar-refractivity contribution in [2.45, 2.75) is 0 Å². The number of hydrogen-bond donors (Lipinski definition) is 0. The molecule has 5 heavy (non-hydrogen) atoms. The third-order valence-electron chi connectivity index (χ3n) is 0. The molecule has 0 unspecified atom stereocenters. The van der Waals surface area contributed by atoms with Crippen LogP contribution in [-0.2, 0) is 55.0 Å². The molecule has 0 aromatic rings. The Balaban J connectivity index is 0. The largest absolute Gasteiger partial charge is 0.316 e. The Kier molecular flexibility index (Phi) is 243. The van der Waals surface area contributed by atoms with Crippen LogP contribution in [0.1, 0.15) is 0 Å². The molecule has 0 heterocycles. The standard InChI is InChI=1S/Al.Co.Mg.Ni.Ti.5H. The van der Waals surface area contributed by atoms with Crippen molar-refractivity contribution in [1.29, 1.82) is 0 Å². The molecule has 5 heteroatoms. The number of rotatable bonds is 0. The number of hydrogen-bond acceptors (Lipinski definition) is 0. The molecule has 0 nitrogen and oxygen atoms in total.